The zero-order valence-electron chi connectivity index (χ0n) is 15.9. The third kappa shape index (κ3) is 3.61. The second-order valence-corrected chi connectivity index (χ2v) is 8.00. The molecule has 0 atom stereocenters. The number of thioether (sulfide) groups is 1. The van der Waals surface area contributed by atoms with E-state index in [0.717, 1.165) is 5.56 Å². The molecule has 0 bridgehead atoms. The van der Waals surface area contributed by atoms with E-state index in [1.165, 1.54) is 11.8 Å². The number of benzene rings is 2. The highest BCUT2D eigenvalue weighted by atomic mass is 35.5. The first-order valence-electron chi connectivity index (χ1n) is 9.02. The van der Waals surface area contributed by atoms with Gasteiger partial charge in [-0.25, -0.2) is 4.98 Å². The summed E-state index contributed by atoms with van der Waals surface area (Å²) in [7, 11) is 1.83. The van der Waals surface area contributed by atoms with Gasteiger partial charge in [0.25, 0.3) is 5.56 Å². The Bertz CT molecular complexity index is 1290. The molecule has 0 N–H and O–H groups in total. The number of rotatable bonds is 5. The van der Waals surface area contributed by atoms with Crippen LogP contribution in [0.3, 0.4) is 0 Å². The van der Waals surface area contributed by atoms with Crippen molar-refractivity contribution in [1.82, 2.24) is 14.1 Å². The van der Waals surface area contributed by atoms with Gasteiger partial charge >= 0.3 is 0 Å². The minimum absolute atomic E-state index is 0.0285. The molecule has 2 aromatic heterocycles. The van der Waals surface area contributed by atoms with Gasteiger partial charge in [0.2, 0.25) is 0 Å². The van der Waals surface area contributed by atoms with E-state index in [4.69, 9.17) is 11.6 Å². The summed E-state index contributed by atoms with van der Waals surface area (Å²) in [4.78, 5) is 30.6. The summed E-state index contributed by atoms with van der Waals surface area (Å²) >= 11 is 7.55. The number of hydrogen-bond donors (Lipinski definition) is 0. The van der Waals surface area contributed by atoms with Crippen molar-refractivity contribution in [1.29, 1.82) is 0 Å². The SMILES string of the molecule is Cc1c(Cl)cccc1-n1c(SCC(=O)c2cccn2C)nc2ccccc2c1=O. The van der Waals surface area contributed by atoms with E-state index in [1.54, 1.807) is 39.5 Å². The number of aromatic nitrogens is 3. The molecule has 29 heavy (non-hydrogen) atoms. The number of nitrogens with zero attached hydrogens (tertiary/aromatic N) is 3. The van der Waals surface area contributed by atoms with Gasteiger partial charge in [-0.1, -0.05) is 41.6 Å². The van der Waals surface area contributed by atoms with E-state index >= 15 is 0 Å². The average Bonchev–Trinajstić information content (AvgIpc) is 3.15. The van der Waals surface area contributed by atoms with Crippen molar-refractivity contribution in [2.75, 3.05) is 5.75 Å². The molecular weight excluding hydrogens is 406 g/mol. The Morgan fingerprint density at radius 2 is 1.90 bits per heavy atom. The lowest BCUT2D eigenvalue weighted by molar-refractivity contribution is 0.101. The van der Waals surface area contributed by atoms with E-state index in [1.807, 2.05) is 44.4 Å². The van der Waals surface area contributed by atoms with E-state index in [2.05, 4.69) is 4.98 Å². The summed E-state index contributed by atoms with van der Waals surface area (Å²) in [6.45, 7) is 1.86. The van der Waals surface area contributed by atoms with Gasteiger partial charge in [0.05, 0.1) is 28.0 Å². The molecular formula is C22H18ClN3O2S. The standard InChI is InChI=1S/C22H18ClN3O2S/c1-14-16(23)8-5-10-18(14)26-21(28)15-7-3-4-9-17(15)24-22(26)29-13-20(27)19-11-6-12-25(19)2/h3-12H,13H2,1-2H3. The number of halogens is 1. The number of aryl methyl sites for hydroxylation is 1. The molecule has 0 aliphatic rings. The smallest absolute Gasteiger partial charge is 0.266 e. The van der Waals surface area contributed by atoms with Crippen LogP contribution in [0.2, 0.25) is 5.02 Å². The summed E-state index contributed by atoms with van der Waals surface area (Å²) in [6, 6.07) is 16.2. The Kier molecular flexibility index (Phi) is 5.30. The normalized spacial score (nSPS) is 11.1. The Hall–Kier alpha value is -2.83. The molecule has 0 aliphatic carbocycles. The van der Waals surface area contributed by atoms with Gasteiger partial charge in [-0.15, -0.1) is 0 Å². The van der Waals surface area contributed by atoms with Crippen molar-refractivity contribution in [2.45, 2.75) is 12.1 Å². The van der Waals surface area contributed by atoms with Gasteiger partial charge in [0.1, 0.15) is 0 Å². The lowest BCUT2D eigenvalue weighted by Gasteiger charge is -2.15. The minimum atomic E-state index is -0.185. The molecule has 0 radical (unpaired) electrons. The van der Waals surface area contributed by atoms with Gasteiger partial charge in [0, 0.05) is 18.3 Å². The highest BCUT2D eigenvalue weighted by Crippen LogP contribution is 2.27. The first kappa shape index (κ1) is 19.5. The maximum absolute atomic E-state index is 13.3. The molecule has 5 nitrogen and oxygen atoms in total. The molecule has 2 aromatic carbocycles. The van der Waals surface area contributed by atoms with Crippen molar-refractivity contribution in [3.63, 3.8) is 0 Å². The fourth-order valence-corrected chi connectivity index (χ4v) is 4.27. The molecule has 0 spiro atoms. The zero-order valence-corrected chi connectivity index (χ0v) is 17.5. The second kappa shape index (κ2) is 7.89. The Morgan fingerprint density at radius 1 is 1.10 bits per heavy atom. The topological polar surface area (TPSA) is 56.9 Å². The molecule has 7 heteroatoms. The number of carbonyl (C=O) groups is 1. The Labute approximate surface area is 177 Å². The quantitative estimate of drug-likeness (QED) is 0.266. The predicted octanol–water partition coefficient (Wildman–Crippen LogP) is 4.66. The van der Waals surface area contributed by atoms with Crippen molar-refractivity contribution in [3.8, 4) is 5.69 Å². The summed E-state index contributed by atoms with van der Waals surface area (Å²) in [5, 5.41) is 1.55. The molecule has 0 fully saturated rings. The van der Waals surface area contributed by atoms with Crippen LogP contribution in [0.15, 0.2) is 70.7 Å². The largest absolute Gasteiger partial charge is 0.348 e. The van der Waals surface area contributed by atoms with Crippen LogP contribution in [0.1, 0.15) is 16.1 Å². The third-order valence-corrected chi connectivity index (χ3v) is 6.13. The van der Waals surface area contributed by atoms with E-state index in [9.17, 15) is 9.59 Å². The number of para-hydroxylation sites is 1. The van der Waals surface area contributed by atoms with Crippen molar-refractivity contribution >= 4 is 40.0 Å². The van der Waals surface area contributed by atoms with Gasteiger partial charge in [-0.2, -0.15) is 0 Å². The maximum atomic E-state index is 13.3. The van der Waals surface area contributed by atoms with Gasteiger partial charge in [-0.05, 0) is 48.9 Å². The van der Waals surface area contributed by atoms with Crippen LogP contribution in [0.25, 0.3) is 16.6 Å². The fraction of sp³-hybridized carbons (Fsp3) is 0.136. The zero-order chi connectivity index (χ0) is 20.5. The van der Waals surface area contributed by atoms with E-state index < -0.39 is 0 Å². The van der Waals surface area contributed by atoms with Crippen LogP contribution in [-0.4, -0.2) is 25.7 Å². The molecule has 0 aliphatic heterocycles. The number of Topliss-reactive ketones (excluding diaryl/α,β-unsaturated/α-hetero) is 1. The lowest BCUT2D eigenvalue weighted by atomic mass is 10.2. The van der Waals surface area contributed by atoms with Crippen LogP contribution >= 0.6 is 23.4 Å². The molecule has 0 saturated carbocycles. The molecule has 4 rings (SSSR count). The number of ketones is 1. The maximum Gasteiger partial charge on any atom is 0.266 e. The first-order chi connectivity index (χ1) is 14.0. The van der Waals surface area contributed by atoms with Gasteiger partial charge in [0.15, 0.2) is 10.9 Å². The summed E-state index contributed by atoms with van der Waals surface area (Å²) in [6.07, 6.45) is 1.83. The third-order valence-electron chi connectivity index (χ3n) is 4.79. The predicted molar refractivity (Wildman–Crippen MR) is 118 cm³/mol. The number of hydrogen-bond acceptors (Lipinski definition) is 4. The first-order valence-corrected chi connectivity index (χ1v) is 10.4. The summed E-state index contributed by atoms with van der Waals surface area (Å²) < 4.78 is 3.33. The molecule has 146 valence electrons. The molecule has 0 saturated heterocycles. The number of carbonyl (C=O) groups excluding carboxylic acids is 1. The molecule has 2 heterocycles. The number of fused-ring (bicyclic) bond motifs is 1. The molecule has 0 amide bonds. The summed E-state index contributed by atoms with van der Waals surface area (Å²) in [5.74, 6) is 0.140. The van der Waals surface area contributed by atoms with E-state index in [-0.39, 0.29) is 17.1 Å². The highest BCUT2D eigenvalue weighted by molar-refractivity contribution is 7.99. The van der Waals surface area contributed by atoms with Crippen LogP contribution in [-0.2, 0) is 7.05 Å². The van der Waals surface area contributed by atoms with Crippen LogP contribution in [0, 0.1) is 6.92 Å². The lowest BCUT2D eigenvalue weighted by Crippen LogP contribution is -2.23. The second-order valence-electron chi connectivity index (χ2n) is 6.65. The fourth-order valence-electron chi connectivity index (χ4n) is 3.21. The average molecular weight is 424 g/mol. The van der Waals surface area contributed by atoms with Crippen LogP contribution < -0.4 is 5.56 Å². The van der Waals surface area contributed by atoms with E-state index in [0.29, 0.717) is 32.5 Å². The monoisotopic (exact) mass is 423 g/mol. The van der Waals surface area contributed by atoms with Crippen molar-refractivity contribution in [2.24, 2.45) is 7.05 Å². The van der Waals surface area contributed by atoms with Gasteiger partial charge in [-0.3, -0.25) is 14.2 Å². The van der Waals surface area contributed by atoms with Crippen LogP contribution in [0.5, 0.6) is 0 Å². The Balaban J connectivity index is 1.84. The van der Waals surface area contributed by atoms with Crippen molar-refractivity contribution < 1.29 is 4.79 Å². The minimum Gasteiger partial charge on any atom is -0.348 e. The highest BCUT2D eigenvalue weighted by Gasteiger charge is 2.18. The van der Waals surface area contributed by atoms with Gasteiger partial charge < -0.3 is 4.57 Å². The molecule has 4 aromatic rings. The Morgan fingerprint density at radius 3 is 2.66 bits per heavy atom. The summed E-state index contributed by atoms with van der Waals surface area (Å²) in [5.41, 5.74) is 2.47. The van der Waals surface area contributed by atoms with Crippen molar-refractivity contribution in [3.05, 3.63) is 87.4 Å². The molecule has 0 unspecified atom stereocenters. The van der Waals surface area contributed by atoms with Crippen LogP contribution in [0.4, 0.5) is 0 Å².